The number of aliphatic hydroxyl groups excluding tert-OH is 2. The molecule has 1 fully saturated rings. The van der Waals surface area contributed by atoms with Gasteiger partial charge in [0.1, 0.15) is 24.4 Å². The first kappa shape index (κ1) is 19.5. The second kappa shape index (κ2) is 7.80. The van der Waals surface area contributed by atoms with Crippen LogP contribution in [0.1, 0.15) is 13.8 Å². The summed E-state index contributed by atoms with van der Waals surface area (Å²) in [6, 6.07) is -1.15. The number of aliphatic hydroxyl groups is 2. The third kappa shape index (κ3) is 5.56. The molecule has 0 aliphatic carbocycles. The molecule has 1 aliphatic heterocycles. The van der Waals surface area contributed by atoms with Gasteiger partial charge < -0.3 is 34.8 Å². The first-order chi connectivity index (χ1) is 10.0. The summed E-state index contributed by atoms with van der Waals surface area (Å²) < 4.78 is 26.2. The summed E-state index contributed by atoms with van der Waals surface area (Å²) in [5, 5.41) is 21.6. The fourth-order valence-electron chi connectivity index (χ4n) is 2.17. The van der Waals surface area contributed by atoms with E-state index in [0.29, 0.717) is 0 Å². The minimum atomic E-state index is -4.93. The zero-order chi connectivity index (χ0) is 17.1. The minimum absolute atomic E-state index is 0.518. The maximum Gasteiger partial charge on any atom is 0.470 e. The number of rotatable bonds is 6. The Hall–Kier alpha value is -0.580. The second-order valence-corrected chi connectivity index (χ2v) is 6.14. The Kier molecular flexibility index (Phi) is 6.90. The molecule has 1 radical (unpaired) electrons. The smallest absolute Gasteiger partial charge is 0.394 e. The average molecular weight is 342 g/mol. The van der Waals surface area contributed by atoms with E-state index in [1.165, 1.54) is 6.92 Å². The maximum absolute atomic E-state index is 11.2. The lowest BCUT2D eigenvalue weighted by Gasteiger charge is -2.44. The van der Waals surface area contributed by atoms with E-state index in [9.17, 15) is 19.6 Å². The van der Waals surface area contributed by atoms with Crippen LogP contribution in [0.15, 0.2) is 0 Å². The first-order valence-corrected chi connectivity index (χ1v) is 8.02. The highest BCUT2D eigenvalue weighted by molar-refractivity contribution is 7.46. The van der Waals surface area contributed by atoms with Gasteiger partial charge in [0, 0.05) is 6.92 Å². The average Bonchev–Trinajstić information content (AvgIpc) is 2.34. The fourth-order valence-corrected chi connectivity index (χ4v) is 2.74. The summed E-state index contributed by atoms with van der Waals surface area (Å²) in [6.07, 6.45) is -6.06. The van der Waals surface area contributed by atoms with Gasteiger partial charge in [-0.3, -0.25) is 9.32 Å². The summed E-state index contributed by atoms with van der Waals surface area (Å²) in [7, 11) is -4.93. The first-order valence-electron chi connectivity index (χ1n) is 6.49. The molecule has 1 aliphatic rings. The normalized spacial score (nSPS) is 33.0. The van der Waals surface area contributed by atoms with Crippen LogP contribution in [0.5, 0.6) is 0 Å². The summed E-state index contributed by atoms with van der Waals surface area (Å²) in [6.45, 7) is 5.64. The quantitative estimate of drug-likeness (QED) is 0.355. The van der Waals surface area contributed by atoms with Gasteiger partial charge in [0.05, 0.1) is 12.7 Å². The highest BCUT2D eigenvalue weighted by atomic mass is 31.2. The van der Waals surface area contributed by atoms with E-state index in [2.05, 4.69) is 16.8 Å². The number of phosphoric ester groups is 1. The van der Waals surface area contributed by atoms with Crippen molar-refractivity contribution in [3.8, 4) is 0 Å². The maximum atomic E-state index is 11.2. The lowest BCUT2D eigenvalue weighted by Crippen LogP contribution is -2.65. The zero-order valence-corrected chi connectivity index (χ0v) is 13.1. The van der Waals surface area contributed by atoms with E-state index in [4.69, 9.17) is 19.3 Å². The molecule has 0 aromatic heterocycles. The molecule has 0 saturated carbocycles. The van der Waals surface area contributed by atoms with Crippen molar-refractivity contribution in [2.45, 2.75) is 50.6 Å². The molecule has 5 N–H and O–H groups in total. The number of amides is 1. The lowest BCUT2D eigenvalue weighted by molar-refractivity contribution is -0.262. The number of carbonyl (C=O) groups excluding carboxylic acids is 1. The number of hydrogen-bond acceptors (Lipinski definition) is 7. The number of ether oxygens (including phenoxy) is 2. The van der Waals surface area contributed by atoms with Gasteiger partial charge in [-0.1, -0.05) is 0 Å². The zero-order valence-electron chi connectivity index (χ0n) is 12.2. The van der Waals surface area contributed by atoms with Gasteiger partial charge in [0.2, 0.25) is 5.91 Å². The molecule has 1 saturated heterocycles. The fraction of sp³-hybridized carbons (Fsp3) is 0.818. The molecule has 6 atom stereocenters. The largest absolute Gasteiger partial charge is 0.470 e. The molecule has 129 valence electrons. The van der Waals surface area contributed by atoms with Crippen LogP contribution in [0.3, 0.4) is 0 Å². The number of hydrogen-bond donors (Lipinski definition) is 5. The van der Waals surface area contributed by atoms with Gasteiger partial charge >= 0.3 is 7.82 Å². The Morgan fingerprint density at radius 3 is 2.45 bits per heavy atom. The number of nitrogens with one attached hydrogen (secondary N) is 1. The Bertz CT molecular complexity index is 426. The standard InChI is InChI=1S/C11H21NO9P/c1-5(2)19-10-8(12-6(3)14)11(15)20-7(4-13)9(10)21-22(16,17)18/h5,7-11,13,15H,1,4H2,2-3H3,(H,12,14)(H2,16,17,18)/t5?,7-,8-,9-,10-,11+/m1/s1. The SMILES string of the molecule is [CH2]C(C)O[C@@H]1[C@@H](NC(C)=O)[C@@H](O)O[C@H](CO)[C@H]1OP(=O)(O)O. The molecular formula is C11H21NO9P. The third-order valence-corrected chi connectivity index (χ3v) is 3.38. The molecular weight excluding hydrogens is 321 g/mol. The van der Waals surface area contributed by atoms with Crippen molar-refractivity contribution in [2.75, 3.05) is 6.61 Å². The van der Waals surface area contributed by atoms with Crippen LogP contribution in [-0.2, 0) is 23.4 Å². The third-order valence-electron chi connectivity index (χ3n) is 2.86. The van der Waals surface area contributed by atoms with Crippen molar-refractivity contribution in [2.24, 2.45) is 0 Å². The van der Waals surface area contributed by atoms with Gasteiger partial charge in [-0.25, -0.2) is 4.57 Å². The molecule has 0 aromatic rings. The van der Waals surface area contributed by atoms with Crippen LogP contribution in [0, 0.1) is 6.92 Å². The number of carbonyl (C=O) groups is 1. The van der Waals surface area contributed by atoms with E-state index in [1.807, 2.05) is 0 Å². The Balaban J connectivity index is 3.11. The monoisotopic (exact) mass is 342 g/mol. The molecule has 1 heterocycles. The van der Waals surface area contributed by atoms with Crippen LogP contribution in [0.4, 0.5) is 0 Å². The van der Waals surface area contributed by atoms with E-state index < -0.39 is 57.1 Å². The molecule has 0 bridgehead atoms. The lowest BCUT2D eigenvalue weighted by atomic mass is 9.96. The van der Waals surface area contributed by atoms with Crippen LogP contribution in [-0.4, -0.2) is 69.3 Å². The van der Waals surface area contributed by atoms with Gasteiger partial charge in [0.25, 0.3) is 0 Å². The Labute approximate surface area is 127 Å². The van der Waals surface area contributed by atoms with E-state index in [1.54, 1.807) is 6.92 Å². The van der Waals surface area contributed by atoms with Crippen LogP contribution < -0.4 is 5.32 Å². The van der Waals surface area contributed by atoms with Gasteiger partial charge in [-0.15, -0.1) is 0 Å². The van der Waals surface area contributed by atoms with Crippen LogP contribution in [0.25, 0.3) is 0 Å². The molecule has 22 heavy (non-hydrogen) atoms. The van der Waals surface area contributed by atoms with Crippen molar-refractivity contribution in [3.05, 3.63) is 6.92 Å². The highest BCUT2D eigenvalue weighted by Crippen LogP contribution is 2.41. The van der Waals surface area contributed by atoms with Crippen LogP contribution in [0.2, 0.25) is 0 Å². The molecule has 1 amide bonds. The van der Waals surface area contributed by atoms with Crippen molar-refractivity contribution in [1.29, 1.82) is 0 Å². The van der Waals surface area contributed by atoms with Crippen molar-refractivity contribution in [1.82, 2.24) is 5.32 Å². The summed E-state index contributed by atoms with van der Waals surface area (Å²) in [5.74, 6) is -0.518. The van der Waals surface area contributed by atoms with E-state index >= 15 is 0 Å². The Morgan fingerprint density at radius 2 is 2.05 bits per heavy atom. The van der Waals surface area contributed by atoms with Crippen molar-refractivity contribution < 1.29 is 43.4 Å². The summed E-state index contributed by atoms with van der Waals surface area (Å²) in [5.41, 5.74) is 0. The molecule has 1 unspecified atom stereocenters. The molecule has 0 aromatic carbocycles. The van der Waals surface area contributed by atoms with E-state index in [0.717, 1.165) is 0 Å². The predicted octanol–water partition coefficient (Wildman–Crippen LogP) is -1.71. The van der Waals surface area contributed by atoms with Gasteiger partial charge in [-0.05, 0) is 13.8 Å². The van der Waals surface area contributed by atoms with Crippen molar-refractivity contribution in [3.63, 3.8) is 0 Å². The second-order valence-electron chi connectivity index (χ2n) is 4.95. The molecule has 11 heteroatoms. The van der Waals surface area contributed by atoms with Gasteiger partial charge in [0.15, 0.2) is 6.29 Å². The summed E-state index contributed by atoms with van der Waals surface area (Å²) >= 11 is 0. The highest BCUT2D eigenvalue weighted by Gasteiger charge is 2.49. The van der Waals surface area contributed by atoms with Crippen molar-refractivity contribution >= 4 is 13.7 Å². The summed E-state index contributed by atoms with van der Waals surface area (Å²) in [4.78, 5) is 29.2. The van der Waals surface area contributed by atoms with Crippen LogP contribution >= 0.6 is 7.82 Å². The van der Waals surface area contributed by atoms with Gasteiger partial charge in [-0.2, -0.15) is 0 Å². The molecule has 10 nitrogen and oxygen atoms in total. The topological polar surface area (TPSA) is 155 Å². The minimum Gasteiger partial charge on any atom is -0.394 e. The van der Waals surface area contributed by atoms with E-state index in [-0.39, 0.29) is 0 Å². The number of phosphoric acid groups is 1. The Morgan fingerprint density at radius 1 is 1.45 bits per heavy atom. The molecule has 0 spiro atoms. The molecule has 1 rings (SSSR count). The predicted molar refractivity (Wildman–Crippen MR) is 72.2 cm³/mol.